The number of carbonyl (C=O) groups is 1. The van der Waals surface area contributed by atoms with Crippen molar-refractivity contribution in [1.82, 2.24) is 0 Å². The standard InChI is InChI=1S/C10H13N3O/c1-10(9(11)14)12-7-5-3-4-6-8(7)13(10)2/h3-6,12H,1-2H3,(H2,11,14). The summed E-state index contributed by atoms with van der Waals surface area (Å²) in [5.41, 5.74) is 6.48. The lowest BCUT2D eigenvalue weighted by atomic mass is 10.2. The number of hydrogen-bond donors (Lipinski definition) is 2. The predicted octanol–water partition coefficient (Wildman–Crippen LogP) is 0.750. The van der Waals surface area contributed by atoms with Gasteiger partial charge in [-0.2, -0.15) is 0 Å². The zero-order valence-corrected chi connectivity index (χ0v) is 8.24. The molecule has 1 aromatic carbocycles. The average molecular weight is 191 g/mol. The van der Waals surface area contributed by atoms with Crippen molar-refractivity contribution in [3.63, 3.8) is 0 Å². The number of amides is 1. The first-order valence-electron chi connectivity index (χ1n) is 4.46. The van der Waals surface area contributed by atoms with Crippen molar-refractivity contribution in [2.24, 2.45) is 5.73 Å². The summed E-state index contributed by atoms with van der Waals surface area (Å²) in [7, 11) is 1.85. The minimum absolute atomic E-state index is 0.379. The van der Waals surface area contributed by atoms with Gasteiger partial charge in [0.25, 0.3) is 5.91 Å². The maximum atomic E-state index is 11.3. The van der Waals surface area contributed by atoms with Crippen molar-refractivity contribution in [3.05, 3.63) is 24.3 Å². The van der Waals surface area contributed by atoms with Crippen LogP contribution >= 0.6 is 0 Å². The van der Waals surface area contributed by atoms with Crippen molar-refractivity contribution in [2.45, 2.75) is 12.6 Å². The van der Waals surface area contributed by atoms with E-state index in [1.54, 1.807) is 6.92 Å². The van der Waals surface area contributed by atoms with E-state index in [9.17, 15) is 4.79 Å². The Balaban J connectivity index is 2.48. The summed E-state index contributed by atoms with van der Waals surface area (Å²) < 4.78 is 0. The number of para-hydroxylation sites is 2. The molecule has 0 bridgehead atoms. The van der Waals surface area contributed by atoms with Gasteiger partial charge in [0.1, 0.15) is 0 Å². The SMILES string of the molecule is CN1c2ccccc2NC1(C)C(N)=O. The number of nitrogens with zero attached hydrogens (tertiary/aromatic N) is 1. The molecule has 1 aliphatic heterocycles. The summed E-state index contributed by atoms with van der Waals surface area (Å²) in [6, 6.07) is 7.74. The van der Waals surface area contributed by atoms with Crippen LogP contribution in [0.15, 0.2) is 24.3 Å². The number of anilines is 2. The molecule has 2 rings (SSSR count). The van der Waals surface area contributed by atoms with Crippen LogP contribution in [0.3, 0.4) is 0 Å². The third-order valence-electron chi connectivity index (χ3n) is 2.79. The molecule has 1 unspecified atom stereocenters. The Kier molecular flexibility index (Phi) is 1.67. The number of fused-ring (bicyclic) bond motifs is 1. The molecule has 4 heteroatoms. The van der Waals surface area contributed by atoms with Crippen LogP contribution in [0, 0.1) is 0 Å². The molecule has 1 aromatic rings. The van der Waals surface area contributed by atoms with E-state index in [0.29, 0.717) is 0 Å². The summed E-state index contributed by atoms with van der Waals surface area (Å²) in [6.07, 6.45) is 0. The van der Waals surface area contributed by atoms with Gasteiger partial charge in [0, 0.05) is 7.05 Å². The molecule has 0 fully saturated rings. The topological polar surface area (TPSA) is 58.4 Å². The number of likely N-dealkylation sites (N-methyl/N-ethyl adjacent to an activating group) is 1. The average Bonchev–Trinajstić information content (AvgIpc) is 2.42. The second-order valence-corrected chi connectivity index (χ2v) is 3.64. The van der Waals surface area contributed by atoms with Gasteiger partial charge in [0.15, 0.2) is 5.66 Å². The molecule has 1 aliphatic rings. The first-order chi connectivity index (χ1) is 6.55. The summed E-state index contributed by atoms with van der Waals surface area (Å²) in [5, 5.41) is 3.11. The first-order valence-corrected chi connectivity index (χ1v) is 4.46. The molecule has 0 aromatic heterocycles. The third-order valence-corrected chi connectivity index (χ3v) is 2.79. The van der Waals surface area contributed by atoms with E-state index in [4.69, 9.17) is 5.73 Å². The quantitative estimate of drug-likeness (QED) is 0.688. The molecule has 1 heterocycles. The number of rotatable bonds is 1. The number of nitrogens with two attached hydrogens (primary N) is 1. The number of nitrogens with one attached hydrogen (secondary N) is 1. The van der Waals surface area contributed by atoms with Gasteiger partial charge in [-0.15, -0.1) is 0 Å². The predicted molar refractivity (Wildman–Crippen MR) is 56.1 cm³/mol. The zero-order valence-electron chi connectivity index (χ0n) is 8.24. The van der Waals surface area contributed by atoms with Crippen LogP contribution in [-0.2, 0) is 4.79 Å². The highest BCUT2D eigenvalue weighted by atomic mass is 16.2. The molecule has 0 aliphatic carbocycles. The van der Waals surface area contributed by atoms with Crippen LogP contribution in [0.2, 0.25) is 0 Å². The maximum Gasteiger partial charge on any atom is 0.263 e. The van der Waals surface area contributed by atoms with Crippen LogP contribution in [0.5, 0.6) is 0 Å². The number of hydrogen-bond acceptors (Lipinski definition) is 3. The molecule has 74 valence electrons. The largest absolute Gasteiger partial charge is 0.366 e. The maximum absolute atomic E-state index is 11.3. The van der Waals surface area contributed by atoms with Gasteiger partial charge < -0.3 is 16.0 Å². The van der Waals surface area contributed by atoms with E-state index in [-0.39, 0.29) is 5.91 Å². The van der Waals surface area contributed by atoms with Gasteiger partial charge in [-0.3, -0.25) is 4.79 Å². The van der Waals surface area contributed by atoms with Crippen molar-refractivity contribution >= 4 is 17.3 Å². The fourth-order valence-electron chi connectivity index (χ4n) is 1.69. The van der Waals surface area contributed by atoms with Gasteiger partial charge in [-0.05, 0) is 19.1 Å². The summed E-state index contributed by atoms with van der Waals surface area (Å²) in [5.74, 6) is -0.379. The van der Waals surface area contributed by atoms with E-state index in [2.05, 4.69) is 5.32 Å². The lowest BCUT2D eigenvalue weighted by Crippen LogP contribution is -2.56. The Hall–Kier alpha value is -1.71. The van der Waals surface area contributed by atoms with Crippen LogP contribution in [0.1, 0.15) is 6.92 Å². The van der Waals surface area contributed by atoms with Crippen molar-refractivity contribution in [1.29, 1.82) is 0 Å². The molecular weight excluding hydrogens is 178 g/mol. The van der Waals surface area contributed by atoms with Gasteiger partial charge >= 0.3 is 0 Å². The van der Waals surface area contributed by atoms with E-state index in [0.717, 1.165) is 11.4 Å². The Morgan fingerprint density at radius 1 is 1.50 bits per heavy atom. The smallest absolute Gasteiger partial charge is 0.263 e. The molecule has 0 radical (unpaired) electrons. The highest BCUT2D eigenvalue weighted by Crippen LogP contribution is 2.37. The normalized spacial score (nSPS) is 24.3. The summed E-state index contributed by atoms with van der Waals surface area (Å²) in [6.45, 7) is 1.77. The van der Waals surface area contributed by atoms with Gasteiger partial charge in [-0.25, -0.2) is 0 Å². The molecule has 1 atom stereocenters. The Labute approximate surface area is 82.7 Å². The molecule has 3 N–H and O–H groups in total. The Bertz CT molecular complexity index is 391. The number of carbonyl (C=O) groups excluding carboxylic acids is 1. The van der Waals surface area contributed by atoms with E-state index in [1.165, 1.54) is 0 Å². The number of primary amides is 1. The highest BCUT2D eigenvalue weighted by molar-refractivity contribution is 5.96. The fourth-order valence-corrected chi connectivity index (χ4v) is 1.69. The summed E-state index contributed by atoms with van der Waals surface area (Å²) >= 11 is 0. The molecule has 1 amide bonds. The second kappa shape index (κ2) is 2.64. The molecule has 0 spiro atoms. The monoisotopic (exact) mass is 191 g/mol. The van der Waals surface area contributed by atoms with Crippen molar-refractivity contribution < 1.29 is 4.79 Å². The zero-order chi connectivity index (χ0) is 10.3. The number of benzene rings is 1. The van der Waals surface area contributed by atoms with Crippen LogP contribution in [0.4, 0.5) is 11.4 Å². The molecule has 0 saturated carbocycles. The molecular formula is C10H13N3O. The van der Waals surface area contributed by atoms with Crippen LogP contribution in [-0.4, -0.2) is 18.6 Å². The van der Waals surface area contributed by atoms with Gasteiger partial charge in [0.05, 0.1) is 11.4 Å². The fraction of sp³-hybridized carbons (Fsp3) is 0.300. The van der Waals surface area contributed by atoms with Gasteiger partial charge in [0.2, 0.25) is 0 Å². The van der Waals surface area contributed by atoms with Crippen LogP contribution in [0.25, 0.3) is 0 Å². The molecule has 14 heavy (non-hydrogen) atoms. The van der Waals surface area contributed by atoms with Crippen molar-refractivity contribution in [2.75, 3.05) is 17.3 Å². The molecule has 0 saturated heterocycles. The van der Waals surface area contributed by atoms with Crippen molar-refractivity contribution in [3.8, 4) is 0 Å². The highest BCUT2D eigenvalue weighted by Gasteiger charge is 2.41. The lowest BCUT2D eigenvalue weighted by molar-refractivity contribution is -0.121. The van der Waals surface area contributed by atoms with E-state index in [1.807, 2.05) is 36.2 Å². The second-order valence-electron chi connectivity index (χ2n) is 3.64. The summed E-state index contributed by atoms with van der Waals surface area (Å²) in [4.78, 5) is 13.2. The third kappa shape index (κ3) is 0.968. The minimum atomic E-state index is -0.816. The Morgan fingerprint density at radius 2 is 2.14 bits per heavy atom. The van der Waals surface area contributed by atoms with E-state index >= 15 is 0 Å². The van der Waals surface area contributed by atoms with Gasteiger partial charge in [-0.1, -0.05) is 12.1 Å². The van der Waals surface area contributed by atoms with E-state index < -0.39 is 5.66 Å². The minimum Gasteiger partial charge on any atom is -0.366 e. The molecule has 4 nitrogen and oxygen atoms in total. The Morgan fingerprint density at radius 3 is 2.71 bits per heavy atom. The first kappa shape index (κ1) is 8.87. The van der Waals surface area contributed by atoms with Crippen LogP contribution < -0.4 is 16.0 Å². The lowest BCUT2D eigenvalue weighted by Gasteiger charge is -2.30.